The maximum Gasteiger partial charge on any atom is 0.228 e. The number of aromatic hydroxyl groups is 1. The van der Waals surface area contributed by atoms with E-state index >= 15 is 0 Å². The predicted molar refractivity (Wildman–Crippen MR) is 79.1 cm³/mol. The number of aryl methyl sites for hydroxylation is 1. The SMILES string of the molecule is Cc1cc(N2C[C@H](c3c(O)ccc(Cl)c3Cl)CC2=O)no1. The number of anilines is 1. The van der Waals surface area contributed by atoms with Crippen LogP contribution in [0.5, 0.6) is 5.75 Å². The van der Waals surface area contributed by atoms with Gasteiger partial charge in [0, 0.05) is 30.5 Å². The van der Waals surface area contributed by atoms with Gasteiger partial charge in [0.1, 0.15) is 11.5 Å². The highest BCUT2D eigenvalue weighted by molar-refractivity contribution is 6.42. The molecular weight excluding hydrogens is 315 g/mol. The largest absolute Gasteiger partial charge is 0.508 e. The van der Waals surface area contributed by atoms with E-state index in [1.54, 1.807) is 13.0 Å². The Labute approximate surface area is 131 Å². The lowest BCUT2D eigenvalue weighted by Gasteiger charge is -2.15. The van der Waals surface area contributed by atoms with E-state index in [9.17, 15) is 9.90 Å². The maximum absolute atomic E-state index is 12.2. The first-order valence-corrected chi connectivity index (χ1v) is 7.13. The summed E-state index contributed by atoms with van der Waals surface area (Å²) in [6.45, 7) is 2.13. The summed E-state index contributed by atoms with van der Waals surface area (Å²) in [7, 11) is 0. The number of carbonyl (C=O) groups is 1. The number of hydrogen-bond acceptors (Lipinski definition) is 4. The Bertz CT molecular complexity index is 714. The molecule has 2 heterocycles. The molecule has 110 valence electrons. The van der Waals surface area contributed by atoms with Crippen molar-refractivity contribution in [2.24, 2.45) is 0 Å². The fourth-order valence-electron chi connectivity index (χ4n) is 2.55. The molecule has 21 heavy (non-hydrogen) atoms. The third kappa shape index (κ3) is 2.47. The number of benzene rings is 1. The number of nitrogens with zero attached hydrogens (tertiary/aromatic N) is 2. The molecule has 7 heteroatoms. The normalized spacial score (nSPS) is 18.5. The molecule has 1 amide bonds. The van der Waals surface area contributed by atoms with Crippen LogP contribution in [0.2, 0.25) is 10.0 Å². The highest BCUT2D eigenvalue weighted by Gasteiger charge is 2.35. The second-order valence-corrected chi connectivity index (χ2v) is 5.78. The van der Waals surface area contributed by atoms with Gasteiger partial charge in [-0.1, -0.05) is 28.4 Å². The molecule has 1 aliphatic heterocycles. The Morgan fingerprint density at radius 2 is 2.19 bits per heavy atom. The van der Waals surface area contributed by atoms with Crippen LogP contribution >= 0.6 is 23.2 Å². The van der Waals surface area contributed by atoms with E-state index < -0.39 is 0 Å². The number of amides is 1. The zero-order valence-corrected chi connectivity index (χ0v) is 12.6. The molecule has 1 atom stereocenters. The van der Waals surface area contributed by atoms with Crippen LogP contribution in [-0.4, -0.2) is 22.7 Å². The van der Waals surface area contributed by atoms with E-state index in [-0.39, 0.29) is 29.0 Å². The molecule has 0 bridgehead atoms. The van der Waals surface area contributed by atoms with Gasteiger partial charge in [0.2, 0.25) is 5.91 Å². The quantitative estimate of drug-likeness (QED) is 0.916. The zero-order chi connectivity index (χ0) is 15.1. The summed E-state index contributed by atoms with van der Waals surface area (Å²) in [5, 5.41) is 14.5. The van der Waals surface area contributed by atoms with Crippen LogP contribution in [0.1, 0.15) is 23.7 Å². The molecule has 1 aromatic carbocycles. The summed E-state index contributed by atoms with van der Waals surface area (Å²) in [4.78, 5) is 13.7. The van der Waals surface area contributed by atoms with Crippen LogP contribution in [-0.2, 0) is 4.79 Å². The maximum atomic E-state index is 12.2. The minimum Gasteiger partial charge on any atom is -0.508 e. The average molecular weight is 327 g/mol. The molecule has 0 spiro atoms. The number of halogens is 2. The van der Waals surface area contributed by atoms with E-state index in [2.05, 4.69) is 5.16 Å². The molecule has 2 aromatic rings. The number of phenolic OH excluding ortho intramolecular Hbond substituents is 1. The second kappa shape index (κ2) is 5.24. The number of hydrogen-bond donors (Lipinski definition) is 1. The van der Waals surface area contributed by atoms with Crippen molar-refractivity contribution in [3.63, 3.8) is 0 Å². The van der Waals surface area contributed by atoms with E-state index in [0.717, 1.165) is 0 Å². The molecule has 1 aliphatic rings. The molecule has 1 N–H and O–H groups in total. The third-order valence-electron chi connectivity index (χ3n) is 3.53. The zero-order valence-electron chi connectivity index (χ0n) is 11.1. The summed E-state index contributed by atoms with van der Waals surface area (Å²) in [6.07, 6.45) is 0.236. The number of aromatic nitrogens is 1. The Morgan fingerprint density at radius 1 is 1.43 bits per heavy atom. The Balaban J connectivity index is 1.93. The molecule has 3 rings (SSSR count). The van der Waals surface area contributed by atoms with Gasteiger partial charge in [0.15, 0.2) is 5.82 Å². The van der Waals surface area contributed by atoms with Crippen molar-refractivity contribution in [3.8, 4) is 5.75 Å². The van der Waals surface area contributed by atoms with Crippen molar-refractivity contribution in [3.05, 3.63) is 39.6 Å². The van der Waals surface area contributed by atoms with Gasteiger partial charge in [-0.05, 0) is 19.1 Å². The summed E-state index contributed by atoms with van der Waals surface area (Å²) < 4.78 is 4.99. The summed E-state index contributed by atoms with van der Waals surface area (Å²) in [5.74, 6) is 0.812. The number of phenols is 1. The molecule has 5 nitrogen and oxygen atoms in total. The van der Waals surface area contributed by atoms with Gasteiger partial charge in [0.05, 0.1) is 10.0 Å². The average Bonchev–Trinajstić information content (AvgIpc) is 3.01. The van der Waals surface area contributed by atoms with Crippen molar-refractivity contribution in [1.29, 1.82) is 0 Å². The first-order valence-electron chi connectivity index (χ1n) is 6.38. The number of carbonyl (C=O) groups excluding carboxylic acids is 1. The minimum absolute atomic E-state index is 0.0420. The smallest absolute Gasteiger partial charge is 0.228 e. The van der Waals surface area contributed by atoms with Crippen molar-refractivity contribution >= 4 is 34.9 Å². The van der Waals surface area contributed by atoms with E-state index in [1.807, 2.05) is 0 Å². The Hall–Kier alpha value is -1.72. The van der Waals surface area contributed by atoms with Crippen LogP contribution in [0.4, 0.5) is 5.82 Å². The van der Waals surface area contributed by atoms with Crippen LogP contribution in [0, 0.1) is 6.92 Å². The topological polar surface area (TPSA) is 66.6 Å². The lowest BCUT2D eigenvalue weighted by molar-refractivity contribution is -0.117. The minimum atomic E-state index is -0.235. The predicted octanol–water partition coefficient (Wildman–Crippen LogP) is 3.52. The number of rotatable bonds is 2. The fraction of sp³-hybridized carbons (Fsp3) is 0.286. The Kier molecular flexibility index (Phi) is 3.55. The van der Waals surface area contributed by atoms with Crippen molar-refractivity contribution < 1.29 is 14.4 Å². The standard InChI is InChI=1S/C14H12Cl2N2O3/c1-7-4-11(17-21-7)18-6-8(5-12(18)20)13-10(19)3-2-9(15)14(13)16/h2-4,8,19H,5-6H2,1H3/t8-/m1/s1. The fourth-order valence-corrected chi connectivity index (χ4v) is 3.03. The third-order valence-corrected chi connectivity index (χ3v) is 4.35. The van der Waals surface area contributed by atoms with Gasteiger partial charge >= 0.3 is 0 Å². The second-order valence-electron chi connectivity index (χ2n) is 5.00. The molecule has 0 aliphatic carbocycles. The monoisotopic (exact) mass is 326 g/mol. The Morgan fingerprint density at radius 3 is 2.86 bits per heavy atom. The van der Waals surface area contributed by atoms with E-state index in [1.165, 1.54) is 17.0 Å². The van der Waals surface area contributed by atoms with Gasteiger partial charge in [-0.15, -0.1) is 0 Å². The van der Waals surface area contributed by atoms with E-state index in [0.29, 0.717) is 28.7 Å². The molecule has 0 unspecified atom stereocenters. The van der Waals surface area contributed by atoms with Crippen molar-refractivity contribution in [1.82, 2.24) is 5.16 Å². The molecule has 1 aromatic heterocycles. The van der Waals surface area contributed by atoms with Gasteiger partial charge in [-0.2, -0.15) is 0 Å². The molecule has 1 saturated heterocycles. The molecular formula is C14H12Cl2N2O3. The highest BCUT2D eigenvalue weighted by atomic mass is 35.5. The summed E-state index contributed by atoms with van der Waals surface area (Å²) >= 11 is 12.2. The van der Waals surface area contributed by atoms with Gasteiger partial charge in [-0.25, -0.2) is 0 Å². The van der Waals surface area contributed by atoms with Crippen LogP contribution in [0.3, 0.4) is 0 Å². The van der Waals surface area contributed by atoms with Gasteiger partial charge < -0.3 is 9.63 Å². The summed E-state index contributed by atoms with van der Waals surface area (Å²) in [6, 6.07) is 4.70. The summed E-state index contributed by atoms with van der Waals surface area (Å²) in [5.41, 5.74) is 0.500. The molecule has 0 radical (unpaired) electrons. The van der Waals surface area contributed by atoms with Crippen LogP contribution in [0.15, 0.2) is 22.7 Å². The first kappa shape index (κ1) is 14.2. The van der Waals surface area contributed by atoms with Crippen molar-refractivity contribution in [2.45, 2.75) is 19.3 Å². The van der Waals surface area contributed by atoms with Crippen LogP contribution < -0.4 is 4.90 Å². The van der Waals surface area contributed by atoms with Crippen molar-refractivity contribution in [2.75, 3.05) is 11.4 Å². The lowest BCUT2D eigenvalue weighted by Crippen LogP contribution is -2.24. The molecule has 1 fully saturated rings. The lowest BCUT2D eigenvalue weighted by atomic mass is 9.97. The first-order chi connectivity index (χ1) is 9.97. The highest BCUT2D eigenvalue weighted by Crippen LogP contribution is 2.42. The van der Waals surface area contributed by atoms with Gasteiger partial charge in [-0.3, -0.25) is 9.69 Å². The van der Waals surface area contributed by atoms with E-state index in [4.69, 9.17) is 27.7 Å². The molecule has 0 saturated carbocycles. The van der Waals surface area contributed by atoms with Crippen LogP contribution in [0.25, 0.3) is 0 Å². The van der Waals surface area contributed by atoms with Gasteiger partial charge in [0.25, 0.3) is 0 Å².